The first-order chi connectivity index (χ1) is 10.1. The van der Waals surface area contributed by atoms with Crippen molar-refractivity contribution in [1.29, 1.82) is 0 Å². The van der Waals surface area contributed by atoms with Crippen molar-refractivity contribution < 1.29 is 9.90 Å². The molecule has 7 heteroatoms. The number of carbonyl (C=O) groups is 1. The van der Waals surface area contributed by atoms with Crippen LogP contribution in [0.25, 0.3) is 11.4 Å². The molecule has 7 nitrogen and oxygen atoms in total. The van der Waals surface area contributed by atoms with Gasteiger partial charge in [0, 0.05) is 19.3 Å². The largest absolute Gasteiger partial charge is 0.393 e. The average molecular weight is 287 g/mol. The number of amides is 1. The van der Waals surface area contributed by atoms with Crippen LogP contribution in [0.15, 0.2) is 24.8 Å². The molecule has 0 spiro atoms. The summed E-state index contributed by atoms with van der Waals surface area (Å²) in [4.78, 5) is 24.5. The van der Waals surface area contributed by atoms with E-state index in [0.29, 0.717) is 12.1 Å². The van der Waals surface area contributed by atoms with E-state index in [1.165, 1.54) is 0 Å². The minimum atomic E-state index is -0.322. The number of rotatable bonds is 3. The lowest BCUT2D eigenvalue weighted by Gasteiger charge is -2.11. The Balaban J connectivity index is 1.77. The van der Waals surface area contributed by atoms with Gasteiger partial charge in [-0.1, -0.05) is 0 Å². The highest BCUT2D eigenvalue weighted by Crippen LogP contribution is 2.19. The lowest BCUT2D eigenvalue weighted by Crippen LogP contribution is -2.34. The van der Waals surface area contributed by atoms with E-state index in [9.17, 15) is 9.90 Å². The minimum Gasteiger partial charge on any atom is -0.393 e. The summed E-state index contributed by atoms with van der Waals surface area (Å²) < 4.78 is 1.83. The SMILES string of the molecule is Cn1cncc1-c1ccnc(C(=O)N[C@H]2CC[C@H](O)C2)n1. The van der Waals surface area contributed by atoms with Crippen molar-refractivity contribution in [2.75, 3.05) is 0 Å². The number of aliphatic hydroxyl groups excluding tert-OH is 1. The van der Waals surface area contributed by atoms with Gasteiger partial charge in [0.15, 0.2) is 0 Å². The molecule has 1 aliphatic rings. The molecule has 0 bridgehead atoms. The maximum atomic E-state index is 12.2. The van der Waals surface area contributed by atoms with E-state index in [1.54, 1.807) is 24.8 Å². The highest BCUT2D eigenvalue weighted by Gasteiger charge is 2.25. The van der Waals surface area contributed by atoms with E-state index in [-0.39, 0.29) is 23.9 Å². The standard InChI is InChI=1S/C14H17N5O2/c1-19-8-15-7-12(19)11-4-5-16-13(18-11)14(21)17-9-2-3-10(20)6-9/h4-5,7-10,20H,2-3,6H2,1H3,(H,17,21)/t9-,10-/m0/s1. The molecule has 3 rings (SSSR count). The Labute approximate surface area is 122 Å². The lowest BCUT2D eigenvalue weighted by atomic mass is 10.2. The Morgan fingerprint density at radius 2 is 2.33 bits per heavy atom. The van der Waals surface area contributed by atoms with Crippen LogP contribution in [-0.2, 0) is 7.05 Å². The predicted molar refractivity (Wildman–Crippen MR) is 75.3 cm³/mol. The van der Waals surface area contributed by atoms with Gasteiger partial charge in [-0.15, -0.1) is 0 Å². The fourth-order valence-corrected chi connectivity index (χ4v) is 2.55. The van der Waals surface area contributed by atoms with Crippen molar-refractivity contribution >= 4 is 5.91 Å². The Morgan fingerprint density at radius 1 is 1.48 bits per heavy atom. The van der Waals surface area contributed by atoms with E-state index in [0.717, 1.165) is 18.5 Å². The summed E-state index contributed by atoms with van der Waals surface area (Å²) in [6.45, 7) is 0. The van der Waals surface area contributed by atoms with Crippen LogP contribution < -0.4 is 5.32 Å². The van der Waals surface area contributed by atoms with Gasteiger partial charge in [-0.2, -0.15) is 0 Å². The van der Waals surface area contributed by atoms with Crippen molar-refractivity contribution in [3.8, 4) is 11.4 Å². The van der Waals surface area contributed by atoms with Crippen molar-refractivity contribution in [1.82, 2.24) is 24.8 Å². The van der Waals surface area contributed by atoms with E-state index in [2.05, 4.69) is 20.3 Å². The number of aliphatic hydroxyl groups is 1. The number of aromatic nitrogens is 4. The Kier molecular flexibility index (Phi) is 3.66. The molecule has 2 aromatic rings. The van der Waals surface area contributed by atoms with Gasteiger partial charge in [0.2, 0.25) is 5.82 Å². The van der Waals surface area contributed by atoms with Gasteiger partial charge in [0.1, 0.15) is 0 Å². The molecule has 110 valence electrons. The second-order valence-corrected chi connectivity index (χ2v) is 5.29. The topological polar surface area (TPSA) is 92.9 Å². The van der Waals surface area contributed by atoms with Crippen LogP contribution in [0.5, 0.6) is 0 Å². The zero-order valence-corrected chi connectivity index (χ0v) is 11.7. The molecule has 1 amide bonds. The van der Waals surface area contributed by atoms with Gasteiger partial charge in [0.25, 0.3) is 5.91 Å². The minimum absolute atomic E-state index is 0.00328. The summed E-state index contributed by atoms with van der Waals surface area (Å²) >= 11 is 0. The summed E-state index contributed by atoms with van der Waals surface area (Å²) in [5.74, 6) is -0.173. The number of aryl methyl sites for hydroxylation is 1. The molecule has 2 N–H and O–H groups in total. The number of imidazole rings is 1. The van der Waals surface area contributed by atoms with Crippen LogP contribution in [0.2, 0.25) is 0 Å². The monoisotopic (exact) mass is 287 g/mol. The van der Waals surface area contributed by atoms with E-state index < -0.39 is 0 Å². The third-order valence-corrected chi connectivity index (χ3v) is 3.68. The fraction of sp³-hybridized carbons (Fsp3) is 0.429. The highest BCUT2D eigenvalue weighted by atomic mass is 16.3. The molecule has 0 aliphatic heterocycles. The van der Waals surface area contributed by atoms with Crippen LogP contribution in [-0.4, -0.2) is 42.7 Å². The Bertz CT molecular complexity index is 654. The van der Waals surface area contributed by atoms with Crippen molar-refractivity contribution in [3.05, 3.63) is 30.6 Å². The Hall–Kier alpha value is -2.28. The third kappa shape index (κ3) is 2.92. The molecule has 0 unspecified atom stereocenters. The summed E-state index contributed by atoms with van der Waals surface area (Å²) in [5.41, 5.74) is 1.48. The second-order valence-electron chi connectivity index (χ2n) is 5.29. The van der Waals surface area contributed by atoms with Gasteiger partial charge in [-0.05, 0) is 25.3 Å². The molecular formula is C14H17N5O2. The van der Waals surface area contributed by atoms with Gasteiger partial charge in [0.05, 0.1) is 30.0 Å². The smallest absolute Gasteiger partial charge is 0.289 e. The average Bonchev–Trinajstić information content (AvgIpc) is 3.07. The van der Waals surface area contributed by atoms with Gasteiger partial charge < -0.3 is 15.0 Å². The molecule has 1 saturated carbocycles. The normalized spacial score (nSPS) is 21.4. The number of carbonyl (C=O) groups excluding carboxylic acids is 1. The van der Waals surface area contributed by atoms with Gasteiger partial charge >= 0.3 is 0 Å². The zero-order chi connectivity index (χ0) is 14.8. The molecule has 2 aromatic heterocycles. The van der Waals surface area contributed by atoms with Crippen LogP contribution in [0, 0.1) is 0 Å². The molecule has 0 saturated heterocycles. The summed E-state index contributed by atoms with van der Waals surface area (Å²) in [6.07, 6.45) is 6.71. The van der Waals surface area contributed by atoms with Crippen molar-refractivity contribution in [3.63, 3.8) is 0 Å². The molecule has 1 fully saturated rings. The summed E-state index contributed by atoms with van der Waals surface area (Å²) in [5, 5.41) is 12.4. The van der Waals surface area contributed by atoms with Gasteiger partial charge in [-0.25, -0.2) is 15.0 Å². The molecule has 21 heavy (non-hydrogen) atoms. The fourth-order valence-electron chi connectivity index (χ4n) is 2.55. The summed E-state index contributed by atoms with van der Waals surface area (Å²) in [6, 6.07) is 1.74. The predicted octanol–water partition coefficient (Wildman–Crippen LogP) is 0.520. The van der Waals surface area contributed by atoms with Crippen molar-refractivity contribution in [2.45, 2.75) is 31.4 Å². The maximum absolute atomic E-state index is 12.2. The molecule has 1 aliphatic carbocycles. The first-order valence-electron chi connectivity index (χ1n) is 6.92. The zero-order valence-electron chi connectivity index (χ0n) is 11.7. The first kappa shape index (κ1) is 13.7. The summed E-state index contributed by atoms with van der Waals surface area (Å²) in [7, 11) is 1.87. The molecule has 0 aromatic carbocycles. The maximum Gasteiger partial charge on any atom is 0.289 e. The lowest BCUT2D eigenvalue weighted by molar-refractivity contribution is 0.0923. The number of hydrogen-bond acceptors (Lipinski definition) is 5. The van der Waals surface area contributed by atoms with Crippen LogP contribution in [0.4, 0.5) is 0 Å². The quantitative estimate of drug-likeness (QED) is 0.858. The third-order valence-electron chi connectivity index (χ3n) is 3.68. The number of nitrogens with one attached hydrogen (secondary N) is 1. The number of hydrogen-bond donors (Lipinski definition) is 2. The van der Waals surface area contributed by atoms with Crippen molar-refractivity contribution in [2.24, 2.45) is 7.05 Å². The van der Waals surface area contributed by atoms with E-state index >= 15 is 0 Å². The second kappa shape index (κ2) is 5.61. The highest BCUT2D eigenvalue weighted by molar-refractivity contribution is 5.91. The van der Waals surface area contributed by atoms with Crippen LogP contribution in [0.3, 0.4) is 0 Å². The molecule has 0 radical (unpaired) electrons. The van der Waals surface area contributed by atoms with E-state index in [4.69, 9.17) is 0 Å². The molecular weight excluding hydrogens is 270 g/mol. The van der Waals surface area contributed by atoms with E-state index in [1.807, 2.05) is 11.6 Å². The first-order valence-corrected chi connectivity index (χ1v) is 6.92. The van der Waals surface area contributed by atoms with Crippen LogP contribution >= 0.6 is 0 Å². The molecule has 2 atom stereocenters. The van der Waals surface area contributed by atoms with Crippen LogP contribution in [0.1, 0.15) is 29.9 Å². The number of nitrogens with zero attached hydrogens (tertiary/aromatic N) is 4. The Morgan fingerprint density at radius 3 is 3.00 bits per heavy atom. The van der Waals surface area contributed by atoms with Gasteiger partial charge in [-0.3, -0.25) is 4.79 Å². The molecule has 2 heterocycles.